The molecule has 2 aliphatic rings. The first-order valence-corrected chi connectivity index (χ1v) is 15.8. The molecule has 1 atom stereocenters. The maximum atomic E-state index is 14.4. The zero-order valence-corrected chi connectivity index (χ0v) is 26.7. The topological polar surface area (TPSA) is 116 Å². The number of benzene rings is 2. The number of amides is 2. The molecule has 1 aliphatic carbocycles. The minimum absolute atomic E-state index is 0.0908. The highest BCUT2D eigenvalue weighted by molar-refractivity contribution is 6.48. The van der Waals surface area contributed by atoms with Crippen molar-refractivity contribution in [2.45, 2.75) is 90.9 Å². The molecule has 1 aromatic heterocycles. The number of tetrazole rings is 1. The number of carbonyl (C=O) groups excluding carboxylic acids is 2. The van der Waals surface area contributed by atoms with Gasteiger partial charge in [-0.25, -0.2) is 0 Å². The number of H-pyrrole nitrogens is 1. The van der Waals surface area contributed by atoms with Crippen LogP contribution in [0.3, 0.4) is 0 Å². The Morgan fingerprint density at radius 1 is 1.12 bits per heavy atom. The SMILES string of the molecule is CCCC(c1ccc(C(=O)NCc2nn[nH]n2)cc1)N1C(=O)C(c2ccc(Cl)c(Cl)c2)=NC12CCC(C(C)(C)CC)CC2. The highest BCUT2D eigenvalue weighted by Crippen LogP contribution is 2.50. The predicted octanol–water partition coefficient (Wildman–Crippen LogP) is 6.93. The van der Waals surface area contributed by atoms with Gasteiger partial charge in [-0.15, -0.1) is 10.2 Å². The maximum absolute atomic E-state index is 14.4. The van der Waals surface area contributed by atoms with Gasteiger partial charge in [0.1, 0.15) is 11.4 Å². The first-order chi connectivity index (χ1) is 20.6. The van der Waals surface area contributed by atoms with Crippen molar-refractivity contribution in [1.29, 1.82) is 0 Å². The number of nitrogens with one attached hydrogen (secondary N) is 2. The van der Waals surface area contributed by atoms with Gasteiger partial charge in [-0.1, -0.05) is 87.2 Å². The van der Waals surface area contributed by atoms with Crippen molar-refractivity contribution in [1.82, 2.24) is 30.8 Å². The van der Waals surface area contributed by atoms with Gasteiger partial charge in [0.05, 0.1) is 22.6 Å². The Kier molecular flexibility index (Phi) is 9.23. The number of aliphatic imine (C=N–C) groups is 1. The van der Waals surface area contributed by atoms with Crippen LogP contribution < -0.4 is 5.32 Å². The quantitative estimate of drug-likeness (QED) is 0.254. The molecule has 2 aromatic carbocycles. The molecule has 3 aromatic rings. The molecule has 9 nitrogen and oxygen atoms in total. The molecule has 1 fully saturated rings. The Labute approximate surface area is 262 Å². The number of rotatable bonds is 10. The minimum Gasteiger partial charge on any atom is -0.345 e. The number of hydrogen-bond donors (Lipinski definition) is 2. The van der Waals surface area contributed by atoms with E-state index in [1.165, 1.54) is 0 Å². The van der Waals surface area contributed by atoms with Crippen molar-refractivity contribution in [2.24, 2.45) is 16.3 Å². The Hall–Kier alpha value is -3.30. The summed E-state index contributed by atoms with van der Waals surface area (Å²) in [5, 5.41) is 17.3. The summed E-state index contributed by atoms with van der Waals surface area (Å²) in [5.74, 6) is 0.644. The lowest BCUT2D eigenvalue weighted by atomic mass is 9.67. The first-order valence-electron chi connectivity index (χ1n) is 15.1. The smallest absolute Gasteiger partial charge is 0.275 e. The molecular weight excluding hydrogens is 585 g/mol. The zero-order chi connectivity index (χ0) is 30.8. The third kappa shape index (κ3) is 6.34. The van der Waals surface area contributed by atoms with E-state index in [4.69, 9.17) is 28.2 Å². The molecule has 0 bridgehead atoms. The fourth-order valence-electron chi connectivity index (χ4n) is 6.47. The predicted molar refractivity (Wildman–Crippen MR) is 168 cm³/mol. The van der Waals surface area contributed by atoms with Crippen LogP contribution >= 0.6 is 23.2 Å². The summed E-state index contributed by atoms with van der Waals surface area (Å²) in [6.45, 7) is 9.24. The average Bonchev–Trinajstić information content (AvgIpc) is 3.63. The summed E-state index contributed by atoms with van der Waals surface area (Å²) in [7, 11) is 0. The third-order valence-corrected chi connectivity index (χ3v) is 10.2. The molecule has 43 heavy (non-hydrogen) atoms. The van der Waals surface area contributed by atoms with Crippen LogP contribution in [0.1, 0.15) is 106 Å². The molecule has 1 aliphatic heterocycles. The minimum atomic E-state index is -0.640. The summed E-state index contributed by atoms with van der Waals surface area (Å²) >= 11 is 12.6. The van der Waals surface area contributed by atoms with Crippen LogP contribution in [0.4, 0.5) is 0 Å². The van der Waals surface area contributed by atoms with Gasteiger partial charge in [-0.05, 0) is 73.3 Å². The largest absolute Gasteiger partial charge is 0.345 e. The summed E-state index contributed by atoms with van der Waals surface area (Å²) in [6, 6.07) is 12.6. The van der Waals surface area contributed by atoms with Crippen LogP contribution in [0.2, 0.25) is 10.0 Å². The van der Waals surface area contributed by atoms with E-state index in [1.807, 2.05) is 23.1 Å². The molecule has 228 valence electrons. The zero-order valence-electron chi connectivity index (χ0n) is 25.2. The highest BCUT2D eigenvalue weighted by atomic mass is 35.5. The monoisotopic (exact) mass is 623 g/mol. The van der Waals surface area contributed by atoms with Gasteiger partial charge in [0.2, 0.25) is 0 Å². The molecule has 0 saturated heterocycles. The van der Waals surface area contributed by atoms with Gasteiger partial charge in [-0.3, -0.25) is 14.6 Å². The lowest BCUT2D eigenvalue weighted by molar-refractivity contribution is -0.133. The second kappa shape index (κ2) is 12.7. The van der Waals surface area contributed by atoms with E-state index in [2.05, 4.69) is 53.6 Å². The Morgan fingerprint density at radius 2 is 1.84 bits per heavy atom. The number of nitrogens with zero attached hydrogens (tertiary/aromatic N) is 5. The van der Waals surface area contributed by atoms with Gasteiger partial charge in [-0.2, -0.15) is 5.21 Å². The molecule has 1 unspecified atom stereocenters. The molecule has 2 N–H and O–H groups in total. The molecular formula is C32H39Cl2N7O2. The van der Waals surface area contributed by atoms with Crippen LogP contribution in [-0.2, 0) is 11.3 Å². The van der Waals surface area contributed by atoms with Crippen LogP contribution in [0.15, 0.2) is 47.5 Å². The molecule has 2 heterocycles. The van der Waals surface area contributed by atoms with E-state index >= 15 is 0 Å². The molecule has 2 amide bonds. The standard InChI is InChI=1S/C32H39Cl2N7O2/c1-5-7-26(20-8-10-21(11-9-20)29(42)35-19-27-37-39-40-38-27)41-30(43)28(22-12-13-24(33)25(34)18-22)36-32(41)16-14-23(15-17-32)31(3,4)6-2/h8-13,18,23,26H,5-7,14-17,19H2,1-4H3,(H,35,42)(H,37,38,39,40). The van der Waals surface area contributed by atoms with Crippen molar-refractivity contribution in [3.63, 3.8) is 0 Å². The third-order valence-electron chi connectivity index (χ3n) is 9.41. The number of halogens is 2. The Balaban J connectivity index is 1.46. The van der Waals surface area contributed by atoms with E-state index in [0.29, 0.717) is 38.6 Å². The summed E-state index contributed by atoms with van der Waals surface area (Å²) < 4.78 is 0. The second-order valence-corrected chi connectivity index (χ2v) is 13.1. The van der Waals surface area contributed by atoms with Gasteiger partial charge < -0.3 is 10.2 Å². The van der Waals surface area contributed by atoms with Crippen molar-refractivity contribution in [3.8, 4) is 0 Å². The van der Waals surface area contributed by atoms with Crippen LogP contribution in [-0.4, -0.2) is 48.7 Å². The average molecular weight is 625 g/mol. The van der Waals surface area contributed by atoms with Gasteiger partial charge in [0.15, 0.2) is 5.82 Å². The van der Waals surface area contributed by atoms with E-state index < -0.39 is 5.66 Å². The number of hydrogen-bond acceptors (Lipinski definition) is 6. The lowest BCUT2D eigenvalue weighted by Gasteiger charge is -2.48. The van der Waals surface area contributed by atoms with Crippen molar-refractivity contribution in [3.05, 3.63) is 75.0 Å². The van der Waals surface area contributed by atoms with Crippen LogP contribution in [0.25, 0.3) is 0 Å². The highest BCUT2D eigenvalue weighted by Gasteiger charge is 2.52. The van der Waals surface area contributed by atoms with Gasteiger partial charge in [0, 0.05) is 11.1 Å². The van der Waals surface area contributed by atoms with Gasteiger partial charge in [0.25, 0.3) is 11.8 Å². The van der Waals surface area contributed by atoms with Crippen molar-refractivity contribution < 1.29 is 9.59 Å². The normalized spacial score (nSPS) is 21.3. The Bertz CT molecular complexity index is 1480. The molecule has 1 spiro atoms. The number of aromatic nitrogens is 4. The summed E-state index contributed by atoms with van der Waals surface area (Å²) in [4.78, 5) is 34.5. The maximum Gasteiger partial charge on any atom is 0.275 e. The van der Waals surface area contributed by atoms with Crippen molar-refractivity contribution >= 4 is 40.7 Å². The Morgan fingerprint density at radius 3 is 2.44 bits per heavy atom. The van der Waals surface area contributed by atoms with Crippen molar-refractivity contribution in [2.75, 3.05) is 0 Å². The summed E-state index contributed by atoms with van der Waals surface area (Å²) in [6.07, 6.45) is 6.36. The molecule has 1 saturated carbocycles. The number of aromatic amines is 1. The van der Waals surface area contributed by atoms with Gasteiger partial charge >= 0.3 is 0 Å². The first kappa shape index (κ1) is 31.1. The second-order valence-electron chi connectivity index (χ2n) is 12.3. The summed E-state index contributed by atoms with van der Waals surface area (Å²) in [5.41, 5.74) is 2.20. The van der Waals surface area contributed by atoms with Crippen LogP contribution in [0, 0.1) is 11.3 Å². The van der Waals surface area contributed by atoms with E-state index in [9.17, 15) is 9.59 Å². The van der Waals surface area contributed by atoms with E-state index in [-0.39, 0.29) is 29.8 Å². The fourth-order valence-corrected chi connectivity index (χ4v) is 6.77. The molecule has 5 rings (SSSR count). The van der Waals surface area contributed by atoms with E-state index in [0.717, 1.165) is 50.5 Å². The fraction of sp³-hybridized carbons (Fsp3) is 0.500. The number of carbonyl (C=O) groups is 2. The van der Waals surface area contributed by atoms with E-state index in [1.54, 1.807) is 24.3 Å². The molecule has 11 heteroatoms. The van der Waals surface area contributed by atoms with Crippen LogP contribution in [0.5, 0.6) is 0 Å². The molecule has 0 radical (unpaired) electrons. The lowest BCUT2D eigenvalue weighted by Crippen LogP contribution is -2.51.